The molecule has 0 radical (unpaired) electrons. The lowest BCUT2D eigenvalue weighted by molar-refractivity contribution is -0.0915. The van der Waals surface area contributed by atoms with Crippen LogP contribution in [0.15, 0.2) is 24.3 Å². The van der Waals surface area contributed by atoms with Crippen molar-refractivity contribution in [3.63, 3.8) is 0 Å². The molecule has 1 N–H and O–H groups in total. The van der Waals surface area contributed by atoms with Gasteiger partial charge in [0, 0.05) is 0 Å². The highest BCUT2D eigenvalue weighted by Gasteiger charge is 2.38. The quantitative estimate of drug-likeness (QED) is 0.910. The van der Waals surface area contributed by atoms with Crippen LogP contribution in [0.2, 0.25) is 0 Å². The Bertz CT molecular complexity index is 514. The van der Waals surface area contributed by atoms with Crippen LogP contribution in [-0.2, 0) is 16.1 Å². The molecule has 1 aromatic carbocycles. The molecule has 2 atom stereocenters. The Balaban J connectivity index is 2.22. The van der Waals surface area contributed by atoms with E-state index in [1.807, 2.05) is 0 Å². The first-order valence-corrected chi connectivity index (χ1v) is 6.75. The number of benzene rings is 1. The number of halogens is 2. The van der Waals surface area contributed by atoms with Crippen LogP contribution in [0.5, 0.6) is 0 Å². The van der Waals surface area contributed by atoms with Crippen molar-refractivity contribution in [1.29, 1.82) is 0 Å². The maximum absolute atomic E-state index is 13.1. The van der Waals surface area contributed by atoms with Crippen molar-refractivity contribution in [3.05, 3.63) is 35.4 Å². The third-order valence-electron chi connectivity index (χ3n) is 3.07. The second kappa shape index (κ2) is 5.97. The molecule has 0 aliphatic carbocycles. The van der Waals surface area contributed by atoms with Crippen molar-refractivity contribution in [2.75, 3.05) is 0 Å². The number of hydrogen-bond acceptors (Lipinski definition) is 3. The van der Waals surface area contributed by atoms with Gasteiger partial charge in [-0.1, -0.05) is 24.3 Å². The van der Waals surface area contributed by atoms with E-state index in [9.17, 15) is 13.6 Å². The molecule has 1 heterocycles. The number of rotatable bonds is 2. The van der Waals surface area contributed by atoms with Gasteiger partial charge in [0.25, 0.3) is 6.43 Å². The molecule has 2 rings (SSSR count). The predicted octanol–water partition coefficient (Wildman–Crippen LogP) is 3.42. The number of ether oxygens (including phenoxy) is 2. The Hall–Kier alpha value is -1.69. The molecule has 1 amide bonds. The predicted molar refractivity (Wildman–Crippen MR) is 73.1 cm³/mol. The largest absolute Gasteiger partial charge is 0.444 e. The highest BCUT2D eigenvalue weighted by Crippen LogP contribution is 2.32. The lowest BCUT2D eigenvalue weighted by Gasteiger charge is -2.34. The van der Waals surface area contributed by atoms with Crippen LogP contribution in [0, 0.1) is 0 Å². The third kappa shape index (κ3) is 3.91. The first-order chi connectivity index (χ1) is 9.78. The van der Waals surface area contributed by atoms with E-state index in [0.29, 0.717) is 5.56 Å². The number of nitrogens with one attached hydrogen (secondary N) is 1. The van der Waals surface area contributed by atoms with Crippen LogP contribution in [0.4, 0.5) is 13.6 Å². The molecule has 21 heavy (non-hydrogen) atoms. The summed E-state index contributed by atoms with van der Waals surface area (Å²) in [5.74, 6) is 0. The molecule has 2 unspecified atom stereocenters. The summed E-state index contributed by atoms with van der Waals surface area (Å²) >= 11 is 0. The molecule has 0 aromatic heterocycles. The molecule has 0 spiro atoms. The maximum Gasteiger partial charge on any atom is 0.408 e. The van der Waals surface area contributed by atoms with Crippen molar-refractivity contribution in [2.45, 2.75) is 51.6 Å². The number of amides is 1. The van der Waals surface area contributed by atoms with E-state index in [1.54, 1.807) is 45.0 Å². The van der Waals surface area contributed by atoms with Gasteiger partial charge in [0.1, 0.15) is 11.7 Å². The number of fused-ring (bicyclic) bond motifs is 1. The first-order valence-electron chi connectivity index (χ1n) is 6.75. The molecule has 0 bridgehead atoms. The zero-order valence-electron chi connectivity index (χ0n) is 12.2. The lowest BCUT2D eigenvalue weighted by atomic mass is 9.94. The minimum atomic E-state index is -2.70. The molecule has 1 aliphatic heterocycles. The summed E-state index contributed by atoms with van der Waals surface area (Å²) in [6.07, 6.45) is -4.82. The van der Waals surface area contributed by atoms with Gasteiger partial charge in [0.05, 0.1) is 12.6 Å². The van der Waals surface area contributed by atoms with Crippen LogP contribution in [0.3, 0.4) is 0 Å². The summed E-state index contributed by atoms with van der Waals surface area (Å²) in [6.45, 7) is 5.24. The number of alkyl carbamates (subject to hydrolysis) is 1. The van der Waals surface area contributed by atoms with Gasteiger partial charge in [0.15, 0.2) is 0 Å². The van der Waals surface area contributed by atoms with Gasteiger partial charge in [-0.15, -0.1) is 0 Å². The molecule has 116 valence electrons. The van der Waals surface area contributed by atoms with Crippen molar-refractivity contribution in [2.24, 2.45) is 0 Å². The average molecular weight is 299 g/mol. The standard InChI is InChI=1S/C15H19F2NO3/c1-15(2,3)21-14(19)18-11-10-7-5-4-6-9(10)8-20-12(11)13(16)17/h4-7,11-13H,8H2,1-3H3,(H,18,19). The van der Waals surface area contributed by atoms with Gasteiger partial charge in [-0.2, -0.15) is 0 Å². The Labute approximate surface area is 122 Å². The molecule has 0 saturated carbocycles. The zero-order chi connectivity index (χ0) is 15.6. The summed E-state index contributed by atoms with van der Waals surface area (Å²) in [6, 6.07) is 6.13. The molecule has 1 aliphatic rings. The topological polar surface area (TPSA) is 47.6 Å². The van der Waals surface area contributed by atoms with Crippen molar-refractivity contribution >= 4 is 6.09 Å². The fourth-order valence-corrected chi connectivity index (χ4v) is 2.24. The highest BCUT2D eigenvalue weighted by atomic mass is 19.3. The summed E-state index contributed by atoms with van der Waals surface area (Å²) in [5.41, 5.74) is 0.731. The van der Waals surface area contributed by atoms with Crippen molar-refractivity contribution in [1.82, 2.24) is 5.32 Å². The van der Waals surface area contributed by atoms with Crippen LogP contribution >= 0.6 is 0 Å². The molecule has 1 aromatic rings. The fraction of sp³-hybridized carbons (Fsp3) is 0.533. The van der Waals surface area contributed by atoms with Gasteiger partial charge in [-0.3, -0.25) is 0 Å². The van der Waals surface area contributed by atoms with Crippen LogP contribution in [0.25, 0.3) is 0 Å². The van der Waals surface area contributed by atoms with Crippen LogP contribution in [0.1, 0.15) is 37.9 Å². The van der Waals surface area contributed by atoms with E-state index in [1.165, 1.54) is 0 Å². The van der Waals surface area contributed by atoms with E-state index in [4.69, 9.17) is 9.47 Å². The van der Waals surface area contributed by atoms with Gasteiger partial charge in [-0.05, 0) is 31.9 Å². The molecule has 0 fully saturated rings. The summed E-state index contributed by atoms with van der Waals surface area (Å²) < 4.78 is 36.6. The van der Waals surface area contributed by atoms with E-state index < -0.39 is 30.3 Å². The van der Waals surface area contributed by atoms with Crippen LogP contribution in [-0.4, -0.2) is 24.2 Å². The SMILES string of the molecule is CC(C)(C)OC(=O)NC1c2ccccc2COC1C(F)F. The molecule has 6 heteroatoms. The van der Waals surface area contributed by atoms with Crippen LogP contribution < -0.4 is 5.32 Å². The Morgan fingerprint density at radius 1 is 1.38 bits per heavy atom. The lowest BCUT2D eigenvalue weighted by Crippen LogP contribution is -2.45. The third-order valence-corrected chi connectivity index (χ3v) is 3.07. The summed E-state index contributed by atoms with van der Waals surface area (Å²) in [4.78, 5) is 11.9. The van der Waals surface area contributed by atoms with E-state index in [0.717, 1.165) is 5.56 Å². The normalized spacial score (nSPS) is 21.8. The molecular formula is C15H19F2NO3. The summed E-state index contributed by atoms with van der Waals surface area (Å²) in [5, 5.41) is 2.50. The van der Waals surface area contributed by atoms with Gasteiger partial charge in [-0.25, -0.2) is 13.6 Å². The van der Waals surface area contributed by atoms with Gasteiger partial charge in [0.2, 0.25) is 0 Å². The Kier molecular flexibility index (Phi) is 4.46. The second-order valence-corrected chi connectivity index (χ2v) is 5.93. The first kappa shape index (κ1) is 15.7. The van der Waals surface area contributed by atoms with E-state index in [-0.39, 0.29) is 6.61 Å². The van der Waals surface area contributed by atoms with E-state index in [2.05, 4.69) is 5.32 Å². The monoisotopic (exact) mass is 299 g/mol. The van der Waals surface area contributed by atoms with E-state index >= 15 is 0 Å². The Morgan fingerprint density at radius 3 is 2.67 bits per heavy atom. The minimum Gasteiger partial charge on any atom is -0.444 e. The second-order valence-electron chi connectivity index (χ2n) is 5.93. The van der Waals surface area contributed by atoms with Crippen molar-refractivity contribution in [3.8, 4) is 0 Å². The number of carbonyl (C=O) groups is 1. The van der Waals surface area contributed by atoms with Gasteiger partial charge < -0.3 is 14.8 Å². The fourth-order valence-electron chi connectivity index (χ4n) is 2.24. The average Bonchev–Trinajstić information content (AvgIpc) is 2.36. The smallest absolute Gasteiger partial charge is 0.408 e. The van der Waals surface area contributed by atoms with Gasteiger partial charge >= 0.3 is 6.09 Å². The number of alkyl halides is 2. The number of hydrogen-bond donors (Lipinski definition) is 1. The minimum absolute atomic E-state index is 0.109. The Morgan fingerprint density at radius 2 is 2.05 bits per heavy atom. The van der Waals surface area contributed by atoms with Crippen molar-refractivity contribution < 1.29 is 23.0 Å². The molecular weight excluding hydrogens is 280 g/mol. The highest BCUT2D eigenvalue weighted by molar-refractivity contribution is 5.68. The molecule has 0 saturated heterocycles. The molecule has 4 nitrogen and oxygen atoms in total. The maximum atomic E-state index is 13.1. The summed E-state index contributed by atoms with van der Waals surface area (Å²) in [7, 11) is 0. The zero-order valence-corrected chi connectivity index (χ0v) is 12.2. The number of carbonyl (C=O) groups excluding carboxylic acids is 1.